The topological polar surface area (TPSA) is 152 Å². The summed E-state index contributed by atoms with van der Waals surface area (Å²) in [6, 6.07) is 4.27. The lowest BCUT2D eigenvalue weighted by molar-refractivity contribution is -0.150. The smallest absolute Gasteiger partial charge is 0.323 e. The van der Waals surface area contributed by atoms with Gasteiger partial charge in [0, 0.05) is 25.2 Å². The van der Waals surface area contributed by atoms with Crippen LogP contribution in [-0.4, -0.2) is 72.7 Å². The molecule has 1 aliphatic heterocycles. The van der Waals surface area contributed by atoms with E-state index in [0.29, 0.717) is 35.1 Å². The van der Waals surface area contributed by atoms with Gasteiger partial charge in [0.15, 0.2) is 5.82 Å². The van der Waals surface area contributed by atoms with E-state index in [9.17, 15) is 14.4 Å². The number of carbonyl (C=O) groups excluding carboxylic acids is 3. The van der Waals surface area contributed by atoms with Crippen molar-refractivity contribution < 1.29 is 23.9 Å². The first-order valence-corrected chi connectivity index (χ1v) is 15.4. The van der Waals surface area contributed by atoms with Gasteiger partial charge in [0.1, 0.15) is 29.6 Å². The highest BCUT2D eigenvalue weighted by atomic mass is 16.5. The molecule has 2 fully saturated rings. The first kappa shape index (κ1) is 30.5. The summed E-state index contributed by atoms with van der Waals surface area (Å²) < 4.78 is 11.0. The molecule has 2 atom stereocenters. The number of esters is 1. The van der Waals surface area contributed by atoms with Gasteiger partial charge in [-0.2, -0.15) is 4.98 Å². The van der Waals surface area contributed by atoms with Crippen LogP contribution in [0.1, 0.15) is 81.5 Å². The molecular weight excluding hydrogens is 550 g/mol. The van der Waals surface area contributed by atoms with Crippen LogP contribution in [0.2, 0.25) is 0 Å². The Bertz CT molecular complexity index is 1330. The van der Waals surface area contributed by atoms with E-state index in [0.717, 1.165) is 57.2 Å². The highest BCUT2D eigenvalue weighted by molar-refractivity contribution is 6.04. The molecular formula is C31H43N7O5. The van der Waals surface area contributed by atoms with Crippen molar-refractivity contribution in [2.75, 3.05) is 35.8 Å². The van der Waals surface area contributed by atoms with Crippen LogP contribution in [0.4, 0.5) is 23.1 Å². The molecule has 2 saturated carbocycles. The zero-order valence-electron chi connectivity index (χ0n) is 25.3. The summed E-state index contributed by atoms with van der Waals surface area (Å²) in [6.07, 6.45) is 10.9. The van der Waals surface area contributed by atoms with Gasteiger partial charge < -0.3 is 35.6 Å². The van der Waals surface area contributed by atoms with Crippen LogP contribution in [0, 0.1) is 0 Å². The monoisotopic (exact) mass is 593 g/mol. The third-order valence-corrected chi connectivity index (χ3v) is 8.75. The minimum atomic E-state index is -0.784. The number of rotatable bonds is 11. The Kier molecular flexibility index (Phi) is 9.64. The van der Waals surface area contributed by atoms with Gasteiger partial charge >= 0.3 is 5.97 Å². The molecule has 2 aliphatic carbocycles. The molecule has 12 heteroatoms. The summed E-state index contributed by atoms with van der Waals surface area (Å²) in [5.74, 6) is 0.895. The molecule has 1 aromatic carbocycles. The molecule has 2 heterocycles. The van der Waals surface area contributed by atoms with Crippen molar-refractivity contribution in [1.29, 1.82) is 0 Å². The maximum Gasteiger partial charge on any atom is 0.323 e. The van der Waals surface area contributed by atoms with Gasteiger partial charge in [-0.15, -0.1) is 0 Å². The van der Waals surface area contributed by atoms with Crippen molar-refractivity contribution in [1.82, 2.24) is 15.3 Å². The molecule has 2 amide bonds. The number of ether oxygens (including phenoxy) is 2. The standard InChI is InChI=1S/C31H43N7O5/c1-4-24-29(40)37(2)25-18-34-31(36-27(25)38(24)20-9-5-6-10-20)35-23-14-13-19(17-26(23)42-3)28(39)33-16-15-22(32)30(41)43-21-11-7-8-12-21/h13-14,17-18,20-22,24H,4-12,15-16,32H2,1-3H3,(H,33,39)(H,34,35,36)/t22?,24-/m1/s1. The number of hydrogen-bond acceptors (Lipinski definition) is 10. The first-order chi connectivity index (χ1) is 20.8. The zero-order chi connectivity index (χ0) is 30.5. The normalized spacial score (nSPS) is 19.7. The number of fused-ring (bicyclic) bond motifs is 1. The van der Waals surface area contributed by atoms with E-state index in [-0.39, 0.29) is 43.0 Å². The number of nitrogens with zero attached hydrogens (tertiary/aromatic N) is 4. The summed E-state index contributed by atoms with van der Waals surface area (Å²) >= 11 is 0. The molecule has 0 bridgehead atoms. The van der Waals surface area contributed by atoms with Crippen molar-refractivity contribution in [3.8, 4) is 5.75 Å². The molecule has 1 unspecified atom stereocenters. The molecule has 5 rings (SSSR count). The van der Waals surface area contributed by atoms with Crippen LogP contribution < -0.4 is 30.9 Å². The van der Waals surface area contributed by atoms with Crippen LogP contribution in [-0.2, 0) is 14.3 Å². The first-order valence-electron chi connectivity index (χ1n) is 15.4. The minimum Gasteiger partial charge on any atom is -0.495 e. The van der Waals surface area contributed by atoms with E-state index in [2.05, 4.69) is 20.5 Å². The van der Waals surface area contributed by atoms with Crippen molar-refractivity contribution >= 4 is 40.9 Å². The Morgan fingerprint density at radius 3 is 2.56 bits per heavy atom. The largest absolute Gasteiger partial charge is 0.495 e. The van der Waals surface area contributed by atoms with Crippen molar-refractivity contribution in [2.45, 2.75) is 95.4 Å². The number of carbonyl (C=O) groups is 3. The van der Waals surface area contributed by atoms with E-state index in [4.69, 9.17) is 20.2 Å². The molecule has 43 heavy (non-hydrogen) atoms. The molecule has 2 aromatic rings. The van der Waals surface area contributed by atoms with Gasteiger partial charge in [-0.3, -0.25) is 14.4 Å². The number of anilines is 4. The second kappa shape index (κ2) is 13.6. The van der Waals surface area contributed by atoms with Crippen LogP contribution in [0.3, 0.4) is 0 Å². The minimum absolute atomic E-state index is 0.0375. The Morgan fingerprint density at radius 2 is 1.86 bits per heavy atom. The Hall–Kier alpha value is -3.93. The molecule has 0 spiro atoms. The second-order valence-electron chi connectivity index (χ2n) is 11.6. The highest BCUT2D eigenvalue weighted by Gasteiger charge is 2.41. The summed E-state index contributed by atoms with van der Waals surface area (Å²) in [5, 5.41) is 6.05. The summed E-state index contributed by atoms with van der Waals surface area (Å²) in [5.41, 5.74) is 7.67. The van der Waals surface area contributed by atoms with E-state index < -0.39 is 12.0 Å². The molecule has 0 saturated heterocycles. The summed E-state index contributed by atoms with van der Waals surface area (Å²) in [6.45, 7) is 2.27. The van der Waals surface area contributed by atoms with E-state index in [1.807, 2.05) is 6.92 Å². The van der Waals surface area contributed by atoms with Gasteiger partial charge in [-0.05, 0) is 69.6 Å². The lowest BCUT2D eigenvalue weighted by Crippen LogP contribution is -2.55. The van der Waals surface area contributed by atoms with Gasteiger partial charge in [0.2, 0.25) is 11.9 Å². The number of benzene rings is 1. The maximum atomic E-state index is 13.2. The van der Waals surface area contributed by atoms with Gasteiger partial charge in [-0.25, -0.2) is 4.98 Å². The predicted molar refractivity (Wildman–Crippen MR) is 164 cm³/mol. The van der Waals surface area contributed by atoms with E-state index >= 15 is 0 Å². The number of likely N-dealkylation sites (N-methyl/N-ethyl adjacent to an activating group) is 1. The molecule has 1 aromatic heterocycles. The van der Waals surface area contributed by atoms with E-state index in [1.54, 1.807) is 36.3 Å². The summed E-state index contributed by atoms with van der Waals surface area (Å²) in [7, 11) is 3.30. The average molecular weight is 594 g/mol. The third kappa shape index (κ3) is 6.69. The Morgan fingerprint density at radius 1 is 1.14 bits per heavy atom. The Labute approximate surface area is 252 Å². The lowest BCUT2D eigenvalue weighted by Gasteiger charge is -2.43. The molecule has 3 aliphatic rings. The fourth-order valence-electron chi connectivity index (χ4n) is 6.32. The van der Waals surface area contributed by atoms with Crippen molar-refractivity contribution in [3.63, 3.8) is 0 Å². The Balaban J connectivity index is 1.25. The van der Waals surface area contributed by atoms with Crippen LogP contribution in [0.5, 0.6) is 5.75 Å². The van der Waals surface area contributed by atoms with Crippen molar-refractivity contribution in [2.24, 2.45) is 5.73 Å². The molecule has 0 radical (unpaired) electrons. The number of aromatic nitrogens is 2. The quantitative estimate of drug-likeness (QED) is 0.329. The number of nitrogens with one attached hydrogen (secondary N) is 2. The average Bonchev–Trinajstić information content (AvgIpc) is 3.74. The molecule has 12 nitrogen and oxygen atoms in total. The second-order valence-corrected chi connectivity index (χ2v) is 11.6. The number of hydrogen-bond donors (Lipinski definition) is 3. The molecule has 232 valence electrons. The summed E-state index contributed by atoms with van der Waals surface area (Å²) in [4.78, 5) is 51.5. The van der Waals surface area contributed by atoms with Gasteiger partial charge in [0.25, 0.3) is 5.91 Å². The zero-order valence-corrected chi connectivity index (χ0v) is 25.3. The SMILES string of the molecule is CC[C@@H]1C(=O)N(C)c2cnc(Nc3ccc(C(=O)NCCC(N)C(=O)OC4CCCC4)cc3OC)nc2N1C1CCCC1. The van der Waals surface area contributed by atoms with Crippen molar-refractivity contribution in [3.05, 3.63) is 30.0 Å². The number of amides is 2. The predicted octanol–water partition coefficient (Wildman–Crippen LogP) is 3.67. The van der Waals surface area contributed by atoms with Crippen LogP contribution >= 0.6 is 0 Å². The van der Waals surface area contributed by atoms with Crippen LogP contribution in [0.15, 0.2) is 24.4 Å². The fraction of sp³-hybridized carbons (Fsp3) is 0.581. The van der Waals surface area contributed by atoms with E-state index in [1.165, 1.54) is 7.11 Å². The highest BCUT2D eigenvalue weighted by Crippen LogP contribution is 2.40. The number of methoxy groups -OCH3 is 1. The lowest BCUT2D eigenvalue weighted by atomic mass is 10.0. The van der Waals surface area contributed by atoms with Gasteiger partial charge in [0.05, 0.1) is 19.0 Å². The number of nitrogens with two attached hydrogens (primary N) is 1. The fourth-order valence-corrected chi connectivity index (χ4v) is 6.32. The molecule has 4 N–H and O–H groups in total. The van der Waals surface area contributed by atoms with Crippen LogP contribution in [0.25, 0.3) is 0 Å². The maximum absolute atomic E-state index is 13.2. The van der Waals surface area contributed by atoms with Gasteiger partial charge in [-0.1, -0.05) is 19.8 Å². The third-order valence-electron chi connectivity index (χ3n) is 8.75.